The largest absolute Gasteiger partial charge is 0.467 e. The standard InChI is InChI=1S/C13H17N5OS4/c1-16(2)10(20)14-12-18(8-9-6-5-7-19-9)13(23-22-12)15-11(21)17(3)4/h5-7H,8H2,1-4H3/b14-12-,15-13-. The quantitative estimate of drug-likeness (QED) is 0.580. The molecule has 10 heteroatoms. The van der Waals surface area contributed by atoms with E-state index >= 15 is 0 Å². The number of hydrogen-bond acceptors (Lipinski definition) is 5. The van der Waals surface area contributed by atoms with Crippen molar-refractivity contribution in [1.29, 1.82) is 0 Å². The first-order chi connectivity index (χ1) is 10.9. The van der Waals surface area contributed by atoms with Crippen LogP contribution in [0.1, 0.15) is 5.76 Å². The van der Waals surface area contributed by atoms with Gasteiger partial charge in [0.25, 0.3) is 0 Å². The summed E-state index contributed by atoms with van der Waals surface area (Å²) in [5.41, 5.74) is 0. The van der Waals surface area contributed by atoms with Crippen LogP contribution in [0.25, 0.3) is 0 Å². The lowest BCUT2D eigenvalue weighted by atomic mass is 10.4. The minimum absolute atomic E-state index is 0.508. The normalized spacial score (nSPS) is 12.5. The van der Waals surface area contributed by atoms with Gasteiger partial charge in [0, 0.05) is 28.2 Å². The van der Waals surface area contributed by atoms with E-state index in [2.05, 4.69) is 9.98 Å². The summed E-state index contributed by atoms with van der Waals surface area (Å²) in [4.78, 5) is 14.1. The molecule has 0 amide bonds. The minimum Gasteiger partial charge on any atom is -0.467 e. The summed E-state index contributed by atoms with van der Waals surface area (Å²) in [6, 6.07) is 3.77. The average Bonchev–Trinajstić information content (AvgIpc) is 3.11. The van der Waals surface area contributed by atoms with Crippen molar-refractivity contribution in [3.8, 4) is 0 Å². The maximum Gasteiger partial charge on any atom is 0.204 e. The van der Waals surface area contributed by atoms with Crippen LogP contribution in [0.2, 0.25) is 0 Å². The van der Waals surface area contributed by atoms with E-state index in [1.807, 2.05) is 44.9 Å². The van der Waals surface area contributed by atoms with E-state index < -0.39 is 0 Å². The summed E-state index contributed by atoms with van der Waals surface area (Å²) in [6.45, 7) is 0.525. The predicted octanol–water partition coefficient (Wildman–Crippen LogP) is 1.75. The Labute approximate surface area is 152 Å². The van der Waals surface area contributed by atoms with Crippen LogP contribution >= 0.6 is 45.1 Å². The first-order valence-electron chi connectivity index (χ1n) is 6.63. The zero-order chi connectivity index (χ0) is 17.0. The molecule has 0 radical (unpaired) electrons. The monoisotopic (exact) mass is 387 g/mol. The number of hydrogen-bond donors (Lipinski definition) is 0. The lowest BCUT2D eigenvalue weighted by molar-refractivity contribution is 0.487. The molecular weight excluding hydrogens is 370 g/mol. The highest BCUT2D eigenvalue weighted by atomic mass is 32.9. The van der Waals surface area contributed by atoms with Crippen molar-refractivity contribution in [2.24, 2.45) is 9.98 Å². The summed E-state index contributed by atoms with van der Waals surface area (Å²) < 4.78 is 7.40. The van der Waals surface area contributed by atoms with Crippen LogP contribution < -0.4 is 9.60 Å². The van der Waals surface area contributed by atoms with Gasteiger partial charge in [0.15, 0.2) is 10.2 Å². The van der Waals surface area contributed by atoms with Crippen molar-refractivity contribution < 1.29 is 4.42 Å². The summed E-state index contributed by atoms with van der Waals surface area (Å²) in [6.07, 6.45) is 1.65. The topological polar surface area (TPSA) is 49.3 Å². The molecule has 0 aliphatic heterocycles. The summed E-state index contributed by atoms with van der Waals surface area (Å²) >= 11 is 10.6. The molecule has 0 bridgehead atoms. The van der Waals surface area contributed by atoms with Crippen LogP contribution in [0.3, 0.4) is 0 Å². The van der Waals surface area contributed by atoms with E-state index in [1.54, 1.807) is 16.1 Å². The van der Waals surface area contributed by atoms with E-state index in [0.29, 0.717) is 16.8 Å². The number of thiocarbonyl (C=S) groups is 2. The lowest BCUT2D eigenvalue weighted by Gasteiger charge is -2.09. The maximum absolute atomic E-state index is 5.44. The minimum atomic E-state index is 0.508. The second-order valence-electron chi connectivity index (χ2n) is 4.97. The Hall–Kier alpha value is -1.36. The number of furan rings is 1. The van der Waals surface area contributed by atoms with E-state index in [9.17, 15) is 0 Å². The lowest BCUT2D eigenvalue weighted by Crippen LogP contribution is -2.31. The smallest absolute Gasteiger partial charge is 0.204 e. The van der Waals surface area contributed by atoms with Crippen molar-refractivity contribution in [1.82, 2.24) is 14.4 Å². The molecule has 23 heavy (non-hydrogen) atoms. The van der Waals surface area contributed by atoms with Crippen LogP contribution in [0.4, 0.5) is 0 Å². The van der Waals surface area contributed by atoms with Gasteiger partial charge in [0.2, 0.25) is 9.60 Å². The van der Waals surface area contributed by atoms with Crippen LogP contribution in [-0.2, 0) is 6.54 Å². The van der Waals surface area contributed by atoms with Gasteiger partial charge in [-0.3, -0.25) is 4.57 Å². The van der Waals surface area contributed by atoms with Gasteiger partial charge < -0.3 is 14.2 Å². The van der Waals surface area contributed by atoms with Gasteiger partial charge >= 0.3 is 0 Å². The third-order valence-electron chi connectivity index (χ3n) is 2.69. The van der Waals surface area contributed by atoms with Crippen LogP contribution in [0.5, 0.6) is 0 Å². The van der Waals surface area contributed by atoms with Crippen molar-refractivity contribution >= 4 is 55.3 Å². The van der Waals surface area contributed by atoms with Crippen LogP contribution in [-0.4, -0.2) is 52.8 Å². The molecule has 0 spiro atoms. The zero-order valence-electron chi connectivity index (χ0n) is 13.2. The van der Waals surface area contributed by atoms with Crippen LogP contribution in [0.15, 0.2) is 32.8 Å². The molecule has 0 aromatic carbocycles. The highest BCUT2D eigenvalue weighted by Gasteiger charge is 2.08. The molecule has 124 valence electrons. The van der Waals surface area contributed by atoms with Crippen molar-refractivity contribution in [3.63, 3.8) is 0 Å². The SMILES string of the molecule is CN(C)C(=S)/N=c1\ss/c(=N\C(=S)N(C)C)n1Cc1ccco1. The average molecular weight is 388 g/mol. The van der Waals surface area contributed by atoms with Crippen molar-refractivity contribution in [3.05, 3.63) is 33.8 Å². The molecular formula is C13H17N5OS4. The fraction of sp³-hybridized carbons (Fsp3) is 0.385. The molecule has 0 unspecified atom stereocenters. The van der Waals surface area contributed by atoms with E-state index in [-0.39, 0.29) is 0 Å². The molecule has 2 heterocycles. The van der Waals surface area contributed by atoms with Gasteiger partial charge in [-0.2, -0.15) is 9.98 Å². The Morgan fingerprint density at radius 3 is 2.00 bits per heavy atom. The molecule has 0 saturated heterocycles. The molecule has 0 atom stereocenters. The number of rotatable bonds is 2. The molecule has 0 N–H and O–H groups in total. The second kappa shape index (κ2) is 7.95. The third-order valence-corrected chi connectivity index (χ3v) is 5.76. The predicted molar refractivity (Wildman–Crippen MR) is 102 cm³/mol. The van der Waals surface area contributed by atoms with Crippen molar-refractivity contribution in [2.75, 3.05) is 28.2 Å². The summed E-state index contributed by atoms with van der Waals surface area (Å²) in [5, 5.41) is 1.02. The summed E-state index contributed by atoms with van der Waals surface area (Å²) in [7, 11) is 10.5. The summed E-state index contributed by atoms with van der Waals surface area (Å²) in [5.74, 6) is 0.819. The first-order valence-corrected chi connectivity index (χ1v) is 9.59. The van der Waals surface area contributed by atoms with Gasteiger partial charge in [-0.05, 0) is 57.2 Å². The third kappa shape index (κ3) is 4.80. The Balaban J connectivity index is 2.54. The molecule has 0 aliphatic rings. The first kappa shape index (κ1) is 18.0. The van der Waals surface area contributed by atoms with Gasteiger partial charge in [-0.15, -0.1) is 0 Å². The fourth-order valence-corrected chi connectivity index (χ4v) is 3.90. The number of aromatic nitrogens is 1. The maximum atomic E-state index is 5.44. The van der Waals surface area contributed by atoms with E-state index in [0.717, 1.165) is 15.4 Å². The molecule has 0 saturated carbocycles. The second-order valence-corrected chi connectivity index (χ2v) is 7.77. The van der Waals surface area contributed by atoms with E-state index in [4.69, 9.17) is 28.9 Å². The molecule has 2 aromatic rings. The Morgan fingerprint density at radius 1 is 1.09 bits per heavy atom. The van der Waals surface area contributed by atoms with Crippen molar-refractivity contribution in [2.45, 2.75) is 6.54 Å². The molecule has 2 rings (SSSR count). The Kier molecular flexibility index (Phi) is 6.22. The highest BCUT2D eigenvalue weighted by molar-refractivity contribution is 7.80. The van der Waals surface area contributed by atoms with Gasteiger partial charge in [0.1, 0.15) is 5.76 Å². The van der Waals surface area contributed by atoms with Gasteiger partial charge in [0.05, 0.1) is 12.8 Å². The molecule has 6 nitrogen and oxygen atoms in total. The van der Waals surface area contributed by atoms with E-state index in [1.165, 1.54) is 20.7 Å². The fourth-order valence-electron chi connectivity index (χ4n) is 1.46. The highest BCUT2D eigenvalue weighted by Crippen LogP contribution is 2.03. The van der Waals surface area contributed by atoms with Gasteiger partial charge in [-0.1, -0.05) is 0 Å². The molecule has 0 aliphatic carbocycles. The Morgan fingerprint density at radius 2 is 1.61 bits per heavy atom. The molecule has 0 fully saturated rings. The molecule has 2 aromatic heterocycles. The number of nitrogens with zero attached hydrogens (tertiary/aromatic N) is 5. The zero-order valence-corrected chi connectivity index (χ0v) is 16.5. The Bertz CT molecular complexity index is 761. The van der Waals surface area contributed by atoms with Gasteiger partial charge in [-0.25, -0.2) is 0 Å². The van der Waals surface area contributed by atoms with Crippen LogP contribution in [0, 0.1) is 0 Å².